The highest BCUT2D eigenvalue weighted by Gasteiger charge is 2.24. The molecule has 0 bridgehead atoms. The van der Waals surface area contributed by atoms with Crippen LogP contribution in [0.15, 0.2) is 22.7 Å². The molecule has 2 nitrogen and oxygen atoms in total. The van der Waals surface area contributed by atoms with Gasteiger partial charge in [0.15, 0.2) is 0 Å². The van der Waals surface area contributed by atoms with Crippen LogP contribution in [0, 0.1) is 11.7 Å². The van der Waals surface area contributed by atoms with E-state index in [1.54, 1.807) is 12.1 Å². The fraction of sp³-hybridized carbons (Fsp3) is 0.538. The van der Waals surface area contributed by atoms with Crippen molar-refractivity contribution in [2.45, 2.75) is 31.9 Å². The van der Waals surface area contributed by atoms with Crippen molar-refractivity contribution in [2.75, 3.05) is 6.54 Å². The van der Waals surface area contributed by atoms with Crippen LogP contribution in [0.3, 0.4) is 0 Å². The minimum atomic E-state index is -0.236. The maximum absolute atomic E-state index is 13.0. The van der Waals surface area contributed by atoms with Crippen molar-refractivity contribution in [3.8, 4) is 0 Å². The Balaban J connectivity index is 1.79. The van der Waals surface area contributed by atoms with Crippen molar-refractivity contribution in [3.05, 3.63) is 34.1 Å². The Hall–Kier alpha value is -0.450. The third kappa shape index (κ3) is 3.50. The summed E-state index contributed by atoms with van der Waals surface area (Å²) < 4.78 is 13.5. The Morgan fingerprint density at radius 1 is 1.41 bits per heavy atom. The summed E-state index contributed by atoms with van der Waals surface area (Å²) >= 11 is 3.17. The molecule has 94 valence electrons. The van der Waals surface area contributed by atoms with Gasteiger partial charge in [-0.2, -0.15) is 0 Å². The van der Waals surface area contributed by atoms with Crippen LogP contribution < -0.4 is 5.32 Å². The molecule has 0 aliphatic heterocycles. The van der Waals surface area contributed by atoms with Crippen molar-refractivity contribution in [1.29, 1.82) is 0 Å². The van der Waals surface area contributed by atoms with Crippen LogP contribution in [0.4, 0.5) is 4.39 Å². The molecular weight excluding hydrogens is 285 g/mol. The molecule has 2 rings (SSSR count). The van der Waals surface area contributed by atoms with Gasteiger partial charge in [-0.25, -0.2) is 4.39 Å². The van der Waals surface area contributed by atoms with Crippen LogP contribution in [0.2, 0.25) is 0 Å². The van der Waals surface area contributed by atoms with Crippen molar-refractivity contribution in [2.24, 2.45) is 5.92 Å². The summed E-state index contributed by atoms with van der Waals surface area (Å²) in [7, 11) is 0. The Kier molecular flexibility index (Phi) is 4.54. The number of benzene rings is 1. The van der Waals surface area contributed by atoms with Gasteiger partial charge >= 0.3 is 0 Å². The first kappa shape index (κ1) is 13.0. The van der Waals surface area contributed by atoms with Gasteiger partial charge in [0.25, 0.3) is 0 Å². The van der Waals surface area contributed by atoms with Crippen LogP contribution in [0.5, 0.6) is 0 Å². The first-order chi connectivity index (χ1) is 8.16. The predicted molar refractivity (Wildman–Crippen MR) is 69.2 cm³/mol. The molecule has 1 aliphatic carbocycles. The molecule has 0 radical (unpaired) electrons. The van der Waals surface area contributed by atoms with E-state index in [9.17, 15) is 9.50 Å². The van der Waals surface area contributed by atoms with Gasteiger partial charge in [-0.3, -0.25) is 0 Å². The van der Waals surface area contributed by atoms with Gasteiger partial charge in [0.05, 0.1) is 10.6 Å². The molecular formula is C13H17BrFNO. The standard InChI is InChI=1S/C13H17BrFNO/c14-11-6-9(4-5-12(11)15)7-16-8-10-2-1-3-13(10)17/h4-6,10,13,16-17H,1-3,7-8H2. The molecule has 1 fully saturated rings. The number of hydrogen-bond donors (Lipinski definition) is 2. The van der Waals surface area contributed by atoms with E-state index in [1.807, 2.05) is 0 Å². The lowest BCUT2D eigenvalue weighted by Gasteiger charge is -2.15. The van der Waals surface area contributed by atoms with Gasteiger partial charge in [0.1, 0.15) is 5.82 Å². The SMILES string of the molecule is OC1CCCC1CNCc1ccc(F)c(Br)c1. The molecule has 1 saturated carbocycles. The minimum Gasteiger partial charge on any atom is -0.393 e. The molecule has 2 N–H and O–H groups in total. The Morgan fingerprint density at radius 2 is 2.24 bits per heavy atom. The van der Waals surface area contributed by atoms with Gasteiger partial charge in [-0.05, 0) is 52.4 Å². The summed E-state index contributed by atoms with van der Waals surface area (Å²) in [6.07, 6.45) is 2.99. The van der Waals surface area contributed by atoms with Crippen molar-refractivity contribution in [3.63, 3.8) is 0 Å². The largest absolute Gasteiger partial charge is 0.393 e. The normalized spacial score (nSPS) is 24.2. The van der Waals surface area contributed by atoms with Gasteiger partial charge in [-0.15, -0.1) is 0 Å². The van der Waals surface area contributed by atoms with Gasteiger partial charge in [0.2, 0.25) is 0 Å². The highest BCUT2D eigenvalue weighted by atomic mass is 79.9. The van der Waals surface area contributed by atoms with Crippen LogP contribution >= 0.6 is 15.9 Å². The molecule has 0 spiro atoms. The van der Waals surface area contributed by atoms with Crippen LogP contribution in [0.25, 0.3) is 0 Å². The number of halogens is 2. The Labute approximate surface area is 109 Å². The summed E-state index contributed by atoms with van der Waals surface area (Å²) in [5.41, 5.74) is 1.05. The first-order valence-electron chi connectivity index (χ1n) is 5.99. The number of aliphatic hydroxyl groups excluding tert-OH is 1. The Bertz CT molecular complexity index is 386. The summed E-state index contributed by atoms with van der Waals surface area (Å²) in [6, 6.07) is 5.02. The number of aliphatic hydroxyl groups is 1. The quantitative estimate of drug-likeness (QED) is 0.896. The smallest absolute Gasteiger partial charge is 0.137 e. The third-order valence-corrected chi connectivity index (χ3v) is 3.95. The number of nitrogens with one attached hydrogen (secondary N) is 1. The van der Waals surface area contributed by atoms with Crippen LogP contribution in [-0.2, 0) is 6.54 Å². The topological polar surface area (TPSA) is 32.3 Å². The minimum absolute atomic E-state index is 0.151. The average molecular weight is 302 g/mol. The second-order valence-electron chi connectivity index (χ2n) is 4.64. The van der Waals surface area contributed by atoms with Gasteiger partial charge < -0.3 is 10.4 Å². The summed E-state index contributed by atoms with van der Waals surface area (Å²) in [4.78, 5) is 0. The zero-order chi connectivity index (χ0) is 12.3. The monoisotopic (exact) mass is 301 g/mol. The zero-order valence-corrected chi connectivity index (χ0v) is 11.2. The van der Waals surface area contributed by atoms with Gasteiger partial charge in [-0.1, -0.05) is 12.5 Å². The fourth-order valence-corrected chi connectivity index (χ4v) is 2.73. The first-order valence-corrected chi connectivity index (χ1v) is 6.79. The van der Waals surface area contributed by atoms with Crippen molar-refractivity contribution < 1.29 is 9.50 Å². The number of rotatable bonds is 4. The maximum atomic E-state index is 13.0. The molecule has 1 aromatic rings. The summed E-state index contributed by atoms with van der Waals surface area (Å²) in [5.74, 6) is 0.138. The average Bonchev–Trinajstić information content (AvgIpc) is 2.70. The summed E-state index contributed by atoms with van der Waals surface area (Å²) in [6.45, 7) is 1.54. The second kappa shape index (κ2) is 5.94. The van der Waals surface area contributed by atoms with Crippen molar-refractivity contribution >= 4 is 15.9 Å². The molecule has 0 heterocycles. The molecule has 2 atom stereocenters. The van der Waals surface area contributed by atoms with E-state index in [-0.39, 0.29) is 11.9 Å². The number of hydrogen-bond acceptors (Lipinski definition) is 2. The predicted octanol–water partition coefficient (Wildman–Crippen LogP) is 2.84. The van der Waals surface area contributed by atoms with E-state index in [0.29, 0.717) is 16.9 Å². The molecule has 0 saturated heterocycles. The molecule has 0 aromatic heterocycles. The van der Waals surface area contributed by atoms with E-state index in [2.05, 4.69) is 21.2 Å². The lowest BCUT2D eigenvalue weighted by Crippen LogP contribution is -2.27. The lowest BCUT2D eigenvalue weighted by atomic mass is 10.1. The fourth-order valence-electron chi connectivity index (χ4n) is 2.31. The van der Waals surface area contributed by atoms with E-state index in [1.165, 1.54) is 6.07 Å². The van der Waals surface area contributed by atoms with E-state index in [4.69, 9.17) is 0 Å². The van der Waals surface area contributed by atoms with E-state index in [0.717, 1.165) is 31.4 Å². The molecule has 2 unspecified atom stereocenters. The van der Waals surface area contributed by atoms with E-state index < -0.39 is 0 Å². The third-order valence-electron chi connectivity index (χ3n) is 3.34. The maximum Gasteiger partial charge on any atom is 0.137 e. The van der Waals surface area contributed by atoms with Crippen LogP contribution in [-0.4, -0.2) is 17.8 Å². The van der Waals surface area contributed by atoms with Crippen LogP contribution in [0.1, 0.15) is 24.8 Å². The molecule has 4 heteroatoms. The van der Waals surface area contributed by atoms with Crippen molar-refractivity contribution in [1.82, 2.24) is 5.32 Å². The van der Waals surface area contributed by atoms with Gasteiger partial charge in [0, 0.05) is 13.1 Å². The molecule has 0 amide bonds. The second-order valence-corrected chi connectivity index (χ2v) is 5.49. The zero-order valence-electron chi connectivity index (χ0n) is 9.63. The highest BCUT2D eigenvalue weighted by molar-refractivity contribution is 9.10. The Morgan fingerprint density at radius 3 is 2.88 bits per heavy atom. The molecule has 17 heavy (non-hydrogen) atoms. The summed E-state index contributed by atoms with van der Waals surface area (Å²) in [5, 5.41) is 13.0. The molecule has 1 aliphatic rings. The highest BCUT2D eigenvalue weighted by Crippen LogP contribution is 2.24. The lowest BCUT2D eigenvalue weighted by molar-refractivity contribution is 0.131. The van der Waals surface area contributed by atoms with E-state index >= 15 is 0 Å². The molecule has 1 aromatic carbocycles.